The number of hydrogen-bond donors (Lipinski definition) is 0. The summed E-state index contributed by atoms with van der Waals surface area (Å²) in [5, 5.41) is 0. The van der Waals surface area contributed by atoms with Crippen molar-refractivity contribution in [1.82, 2.24) is 9.47 Å². The van der Waals surface area contributed by atoms with Gasteiger partial charge in [0, 0.05) is 23.5 Å². The Morgan fingerprint density at radius 1 is 1.24 bits per heavy atom. The molecule has 0 spiro atoms. The molecule has 2 rings (SSSR count). The van der Waals surface area contributed by atoms with Crippen molar-refractivity contribution in [3.8, 4) is 0 Å². The Hall–Kier alpha value is -1.09. The number of likely N-dealkylation sites (tertiary alicyclic amines) is 1. The molecule has 0 saturated carbocycles. The van der Waals surface area contributed by atoms with Gasteiger partial charge in [0.05, 0.1) is 6.54 Å². The quantitative estimate of drug-likeness (QED) is 0.744. The summed E-state index contributed by atoms with van der Waals surface area (Å²) >= 11 is 0. The molecule has 0 amide bonds. The van der Waals surface area contributed by atoms with Crippen LogP contribution in [0.15, 0.2) is 6.07 Å². The van der Waals surface area contributed by atoms with Crippen molar-refractivity contribution in [3.63, 3.8) is 0 Å². The second-order valence-corrected chi connectivity index (χ2v) is 6.46. The number of carbonyl (C=O) groups excluding carboxylic acids is 1. The molecule has 1 aromatic rings. The van der Waals surface area contributed by atoms with Crippen molar-refractivity contribution in [1.29, 1.82) is 0 Å². The molecule has 1 aromatic heterocycles. The van der Waals surface area contributed by atoms with Crippen molar-refractivity contribution < 1.29 is 4.79 Å². The normalized spacial score (nSPS) is 17.3. The molecule has 0 aliphatic carbocycles. The van der Waals surface area contributed by atoms with E-state index in [1.54, 1.807) is 0 Å². The zero-order valence-electron chi connectivity index (χ0n) is 14.1. The second-order valence-electron chi connectivity index (χ2n) is 6.46. The van der Waals surface area contributed by atoms with E-state index < -0.39 is 0 Å². The Morgan fingerprint density at radius 2 is 1.90 bits per heavy atom. The molecule has 3 heteroatoms. The molecule has 1 aliphatic heterocycles. The lowest BCUT2D eigenvalue weighted by atomic mass is 9.92. The minimum Gasteiger partial charge on any atom is -0.349 e. The number of piperidine rings is 1. The maximum Gasteiger partial charge on any atom is 0.178 e. The highest BCUT2D eigenvalue weighted by Gasteiger charge is 2.22. The first-order valence-electron chi connectivity index (χ1n) is 8.49. The van der Waals surface area contributed by atoms with Crippen molar-refractivity contribution in [2.45, 2.75) is 59.9 Å². The molecule has 0 radical (unpaired) electrons. The van der Waals surface area contributed by atoms with E-state index in [1.165, 1.54) is 31.4 Å². The van der Waals surface area contributed by atoms with Gasteiger partial charge in [0.2, 0.25) is 0 Å². The Kier molecular flexibility index (Phi) is 5.63. The molecule has 0 unspecified atom stereocenters. The fraction of sp³-hybridized carbons (Fsp3) is 0.722. The van der Waals surface area contributed by atoms with Gasteiger partial charge in [-0.15, -0.1) is 0 Å². The zero-order chi connectivity index (χ0) is 15.4. The van der Waals surface area contributed by atoms with Crippen LogP contribution in [-0.4, -0.2) is 34.9 Å². The van der Waals surface area contributed by atoms with Crippen molar-refractivity contribution in [2.24, 2.45) is 5.92 Å². The van der Waals surface area contributed by atoms with E-state index in [-0.39, 0.29) is 5.78 Å². The molecule has 21 heavy (non-hydrogen) atoms. The maximum atomic E-state index is 12.6. The molecule has 118 valence electrons. The number of rotatable bonds is 6. The summed E-state index contributed by atoms with van der Waals surface area (Å²) in [5.74, 6) is 1.17. The number of Topliss-reactive ketones (excluding diaryl/α,β-unsaturated/α-hetero) is 1. The third kappa shape index (κ3) is 3.76. The van der Waals surface area contributed by atoms with E-state index in [4.69, 9.17) is 0 Å². The first-order valence-corrected chi connectivity index (χ1v) is 8.49. The minimum atomic E-state index is 0.289. The molecule has 0 aromatic carbocycles. The monoisotopic (exact) mass is 290 g/mol. The molecule has 2 heterocycles. The predicted molar refractivity (Wildman–Crippen MR) is 88.0 cm³/mol. The number of ketones is 1. The highest BCUT2D eigenvalue weighted by atomic mass is 16.1. The lowest BCUT2D eigenvalue weighted by molar-refractivity contribution is 0.0892. The number of nitrogens with zero attached hydrogens (tertiary/aromatic N) is 2. The van der Waals surface area contributed by atoms with Gasteiger partial charge in [0.1, 0.15) is 0 Å². The van der Waals surface area contributed by atoms with Gasteiger partial charge in [-0.25, -0.2) is 0 Å². The molecule has 0 N–H and O–H groups in total. The fourth-order valence-corrected chi connectivity index (χ4v) is 3.70. The Labute approximate surface area is 129 Å². The van der Waals surface area contributed by atoms with Crippen LogP contribution in [0.5, 0.6) is 0 Å². The van der Waals surface area contributed by atoms with Crippen LogP contribution in [0.4, 0.5) is 0 Å². The summed E-state index contributed by atoms with van der Waals surface area (Å²) < 4.78 is 2.22. The molecule has 1 saturated heterocycles. The van der Waals surface area contributed by atoms with Crippen LogP contribution in [-0.2, 0) is 6.54 Å². The van der Waals surface area contributed by atoms with E-state index in [0.717, 1.165) is 36.8 Å². The molecular weight excluding hydrogens is 260 g/mol. The van der Waals surface area contributed by atoms with E-state index in [0.29, 0.717) is 6.54 Å². The molecule has 3 nitrogen and oxygen atoms in total. The number of carbonyl (C=O) groups is 1. The van der Waals surface area contributed by atoms with Crippen LogP contribution in [0.25, 0.3) is 0 Å². The van der Waals surface area contributed by atoms with Gasteiger partial charge in [-0.3, -0.25) is 9.69 Å². The van der Waals surface area contributed by atoms with Crippen LogP contribution >= 0.6 is 0 Å². The Bertz CT molecular complexity index is 482. The van der Waals surface area contributed by atoms with Crippen molar-refractivity contribution in [2.75, 3.05) is 19.6 Å². The van der Waals surface area contributed by atoms with Crippen molar-refractivity contribution >= 4 is 5.78 Å². The maximum absolute atomic E-state index is 12.6. The second kappa shape index (κ2) is 7.26. The third-order valence-corrected chi connectivity index (χ3v) is 4.96. The number of hydrogen-bond acceptors (Lipinski definition) is 2. The van der Waals surface area contributed by atoms with Gasteiger partial charge < -0.3 is 4.57 Å². The minimum absolute atomic E-state index is 0.289. The summed E-state index contributed by atoms with van der Waals surface area (Å²) in [6, 6.07) is 2.06. The smallest absolute Gasteiger partial charge is 0.178 e. The van der Waals surface area contributed by atoms with E-state index in [9.17, 15) is 4.79 Å². The lowest BCUT2D eigenvalue weighted by Gasteiger charge is -2.31. The van der Waals surface area contributed by atoms with Gasteiger partial charge in [-0.2, -0.15) is 0 Å². The lowest BCUT2D eigenvalue weighted by Crippen LogP contribution is -2.37. The average Bonchev–Trinajstić information content (AvgIpc) is 2.76. The van der Waals surface area contributed by atoms with E-state index in [1.807, 2.05) is 0 Å². The summed E-state index contributed by atoms with van der Waals surface area (Å²) in [7, 11) is 0. The third-order valence-electron chi connectivity index (χ3n) is 4.96. The standard InChI is InChI=1S/C18H30N2O/c1-5-7-16-8-10-19(11-9-16)13-18(21)17-12-14(3)20(6-2)15(17)4/h12,16H,5-11,13H2,1-4H3. The molecule has 1 aliphatic rings. The largest absolute Gasteiger partial charge is 0.349 e. The summed E-state index contributed by atoms with van der Waals surface area (Å²) in [6.07, 6.45) is 5.15. The molecule has 0 atom stereocenters. The highest BCUT2D eigenvalue weighted by Crippen LogP contribution is 2.22. The van der Waals surface area contributed by atoms with Gasteiger partial charge in [-0.05, 0) is 58.7 Å². The summed E-state index contributed by atoms with van der Waals surface area (Å²) in [6.45, 7) is 12.2. The average molecular weight is 290 g/mol. The van der Waals surface area contributed by atoms with Crippen molar-refractivity contribution in [3.05, 3.63) is 23.0 Å². The molecular formula is C18H30N2O. The van der Waals surface area contributed by atoms with Crippen LogP contribution in [0, 0.1) is 19.8 Å². The molecule has 0 bridgehead atoms. The Morgan fingerprint density at radius 3 is 2.43 bits per heavy atom. The highest BCUT2D eigenvalue weighted by molar-refractivity contribution is 5.99. The SMILES string of the molecule is CCCC1CCN(CC(=O)c2cc(C)n(CC)c2C)CC1. The van der Waals surface area contributed by atoms with Crippen LogP contribution < -0.4 is 0 Å². The fourth-order valence-electron chi connectivity index (χ4n) is 3.70. The number of aryl methyl sites for hydroxylation is 1. The summed E-state index contributed by atoms with van der Waals surface area (Å²) in [4.78, 5) is 14.9. The number of aromatic nitrogens is 1. The van der Waals surface area contributed by atoms with Crippen LogP contribution in [0.3, 0.4) is 0 Å². The first kappa shape index (κ1) is 16.3. The van der Waals surface area contributed by atoms with Gasteiger partial charge in [0.25, 0.3) is 0 Å². The topological polar surface area (TPSA) is 25.2 Å². The molecule has 1 fully saturated rings. The summed E-state index contributed by atoms with van der Waals surface area (Å²) in [5.41, 5.74) is 3.24. The van der Waals surface area contributed by atoms with Crippen LogP contribution in [0.1, 0.15) is 61.3 Å². The van der Waals surface area contributed by atoms with E-state index in [2.05, 4.69) is 43.2 Å². The first-order chi connectivity index (χ1) is 10.1. The Balaban J connectivity index is 1.94. The van der Waals surface area contributed by atoms with E-state index >= 15 is 0 Å². The van der Waals surface area contributed by atoms with Gasteiger partial charge in [0.15, 0.2) is 5.78 Å². The predicted octanol–water partition coefficient (Wildman–Crippen LogP) is 3.82. The zero-order valence-corrected chi connectivity index (χ0v) is 14.1. The van der Waals surface area contributed by atoms with Crippen LogP contribution in [0.2, 0.25) is 0 Å². The van der Waals surface area contributed by atoms with Gasteiger partial charge in [-0.1, -0.05) is 19.8 Å². The van der Waals surface area contributed by atoms with Gasteiger partial charge >= 0.3 is 0 Å².